The number of benzene rings is 2. The third-order valence-electron chi connectivity index (χ3n) is 7.24. The minimum Gasteiger partial charge on any atom is -0.449 e. The van der Waals surface area contributed by atoms with Crippen LogP contribution in [0.5, 0.6) is 0 Å². The number of hydrogen-bond acceptors (Lipinski definition) is 5. The van der Waals surface area contributed by atoms with E-state index >= 15 is 0 Å². The zero-order chi connectivity index (χ0) is 25.4. The highest BCUT2D eigenvalue weighted by Gasteiger charge is 2.31. The summed E-state index contributed by atoms with van der Waals surface area (Å²) in [7, 11) is 0. The van der Waals surface area contributed by atoms with Crippen LogP contribution in [0.3, 0.4) is 0 Å². The van der Waals surface area contributed by atoms with E-state index in [1.54, 1.807) is 23.2 Å². The number of nitrogens with zero attached hydrogens (tertiary/aromatic N) is 2. The van der Waals surface area contributed by atoms with Gasteiger partial charge in [0, 0.05) is 22.5 Å². The summed E-state index contributed by atoms with van der Waals surface area (Å²) in [5, 5.41) is 2.83. The van der Waals surface area contributed by atoms with E-state index in [2.05, 4.69) is 23.6 Å². The smallest absolute Gasteiger partial charge is 0.339 e. The Morgan fingerprint density at radius 3 is 2.70 bits per heavy atom. The molecule has 2 aromatic carbocycles. The van der Waals surface area contributed by atoms with Gasteiger partial charge in [-0.3, -0.25) is 4.79 Å². The molecule has 0 bridgehead atoms. The molecule has 0 saturated carbocycles. The van der Waals surface area contributed by atoms with E-state index in [4.69, 9.17) is 9.72 Å². The van der Waals surface area contributed by atoms with Crippen LogP contribution < -0.4 is 4.90 Å². The number of aryl methyl sites for hydroxylation is 1. The molecule has 6 heteroatoms. The number of carbonyl (C=O) groups excluding carboxylic acids is 2. The molecule has 0 N–H and O–H groups in total. The van der Waals surface area contributed by atoms with Crippen molar-refractivity contribution in [2.75, 3.05) is 11.4 Å². The number of rotatable bonds is 4. The van der Waals surface area contributed by atoms with Gasteiger partial charge in [0.2, 0.25) is 0 Å². The van der Waals surface area contributed by atoms with E-state index in [1.807, 2.05) is 48.5 Å². The molecular weight excluding hydrogens is 480 g/mol. The number of ether oxygens (including phenoxy) is 1. The molecule has 4 aromatic rings. The predicted octanol–water partition coefficient (Wildman–Crippen LogP) is 6.70. The second kappa shape index (κ2) is 9.94. The Hall–Kier alpha value is -3.77. The lowest BCUT2D eigenvalue weighted by atomic mass is 9.86. The molecule has 1 aliphatic heterocycles. The molecule has 2 aromatic heterocycles. The van der Waals surface area contributed by atoms with Gasteiger partial charge in [-0.25, -0.2) is 9.78 Å². The highest BCUT2D eigenvalue weighted by Crippen LogP contribution is 2.37. The van der Waals surface area contributed by atoms with Crippen molar-refractivity contribution in [2.45, 2.75) is 45.1 Å². The molecule has 186 valence electrons. The summed E-state index contributed by atoms with van der Waals surface area (Å²) in [6, 6.07) is 19.8. The molecule has 5 nitrogen and oxygen atoms in total. The molecule has 6 rings (SSSR count). The first-order chi connectivity index (χ1) is 18.1. The summed E-state index contributed by atoms with van der Waals surface area (Å²) in [6.45, 7) is 2.30. The van der Waals surface area contributed by atoms with Crippen molar-refractivity contribution in [3.63, 3.8) is 0 Å². The van der Waals surface area contributed by atoms with E-state index < -0.39 is 12.1 Å². The van der Waals surface area contributed by atoms with E-state index in [0.717, 1.165) is 71.1 Å². The monoisotopic (exact) mass is 508 g/mol. The summed E-state index contributed by atoms with van der Waals surface area (Å²) in [5.74, 6) is -0.649. The molecule has 2 aliphatic rings. The third-order valence-corrected chi connectivity index (χ3v) is 8.06. The third kappa shape index (κ3) is 4.46. The maximum absolute atomic E-state index is 13.8. The minimum absolute atomic E-state index is 0.189. The summed E-state index contributed by atoms with van der Waals surface area (Å²) >= 11 is 1.69. The van der Waals surface area contributed by atoms with Crippen LogP contribution in [0.2, 0.25) is 0 Å². The van der Waals surface area contributed by atoms with Gasteiger partial charge in [0.15, 0.2) is 6.10 Å². The largest absolute Gasteiger partial charge is 0.449 e. The second-order valence-corrected chi connectivity index (χ2v) is 10.6. The maximum atomic E-state index is 13.8. The highest BCUT2D eigenvalue weighted by atomic mass is 32.1. The lowest BCUT2D eigenvalue weighted by molar-refractivity contribution is -0.126. The Kier molecular flexibility index (Phi) is 6.35. The van der Waals surface area contributed by atoms with Crippen molar-refractivity contribution >= 4 is 51.5 Å². The molecule has 0 saturated heterocycles. The summed E-state index contributed by atoms with van der Waals surface area (Å²) in [4.78, 5) is 35.1. The van der Waals surface area contributed by atoms with Gasteiger partial charge in [0.1, 0.15) is 0 Å². The van der Waals surface area contributed by atoms with Crippen molar-refractivity contribution in [3.8, 4) is 0 Å². The van der Waals surface area contributed by atoms with E-state index in [1.165, 1.54) is 4.88 Å². The topological polar surface area (TPSA) is 59.5 Å². The van der Waals surface area contributed by atoms with Crippen molar-refractivity contribution in [1.82, 2.24) is 4.98 Å². The lowest BCUT2D eigenvalue weighted by Gasteiger charge is -2.31. The second-order valence-electron chi connectivity index (χ2n) is 9.64. The van der Waals surface area contributed by atoms with Gasteiger partial charge in [-0.1, -0.05) is 42.5 Å². The average molecular weight is 509 g/mol. The lowest BCUT2D eigenvalue weighted by Crippen LogP contribution is -2.42. The molecule has 37 heavy (non-hydrogen) atoms. The van der Waals surface area contributed by atoms with E-state index in [0.29, 0.717) is 12.1 Å². The van der Waals surface area contributed by atoms with Crippen LogP contribution in [-0.2, 0) is 22.4 Å². The Morgan fingerprint density at radius 2 is 1.84 bits per heavy atom. The fourth-order valence-electron chi connectivity index (χ4n) is 5.51. The number of thiophene rings is 1. The fourth-order valence-corrected chi connectivity index (χ4v) is 6.19. The van der Waals surface area contributed by atoms with Gasteiger partial charge in [0.25, 0.3) is 5.91 Å². The number of para-hydroxylation sites is 2. The zero-order valence-corrected chi connectivity index (χ0v) is 21.6. The minimum atomic E-state index is -0.897. The summed E-state index contributed by atoms with van der Waals surface area (Å²) in [6.07, 6.45) is 5.72. The number of anilines is 1. The van der Waals surface area contributed by atoms with Crippen LogP contribution in [0, 0.1) is 0 Å². The first-order valence-electron chi connectivity index (χ1n) is 12.9. The normalized spacial score (nSPS) is 16.8. The Labute approximate surface area is 220 Å². The van der Waals surface area contributed by atoms with Crippen molar-refractivity contribution in [2.24, 2.45) is 0 Å². The Morgan fingerprint density at radius 1 is 1.00 bits per heavy atom. The van der Waals surface area contributed by atoms with Crippen LogP contribution >= 0.6 is 11.3 Å². The summed E-state index contributed by atoms with van der Waals surface area (Å²) in [5.41, 5.74) is 6.29. The average Bonchev–Trinajstić information content (AvgIpc) is 3.44. The molecule has 0 radical (unpaired) electrons. The SMILES string of the molecule is C[C@@H](OC(=O)c1c2c(nc3ccccc13)/C(=C/c1cccs1)CCC2)C(=O)N1CCCc2ccccc21. The number of aromatic nitrogens is 1. The van der Waals surface area contributed by atoms with Gasteiger partial charge in [0.05, 0.1) is 16.8 Å². The number of fused-ring (bicyclic) bond motifs is 3. The maximum Gasteiger partial charge on any atom is 0.339 e. The Balaban J connectivity index is 1.35. The number of amides is 1. The van der Waals surface area contributed by atoms with E-state index in [9.17, 15) is 9.59 Å². The molecule has 1 atom stereocenters. The number of hydrogen-bond donors (Lipinski definition) is 0. The van der Waals surface area contributed by atoms with Crippen molar-refractivity contribution in [3.05, 3.63) is 93.3 Å². The quantitative estimate of drug-likeness (QED) is 0.288. The summed E-state index contributed by atoms with van der Waals surface area (Å²) < 4.78 is 5.91. The number of allylic oxidation sites excluding steroid dienone is 1. The van der Waals surface area contributed by atoms with Crippen molar-refractivity contribution in [1.29, 1.82) is 0 Å². The first-order valence-corrected chi connectivity index (χ1v) is 13.7. The van der Waals surface area contributed by atoms with Crippen molar-refractivity contribution < 1.29 is 14.3 Å². The molecule has 0 unspecified atom stereocenters. The van der Waals surface area contributed by atoms with Gasteiger partial charge < -0.3 is 9.64 Å². The number of carbonyl (C=O) groups is 2. The first kappa shape index (κ1) is 23.6. The van der Waals surface area contributed by atoms with Gasteiger partial charge >= 0.3 is 5.97 Å². The molecular formula is C31H28N2O3S. The molecule has 1 amide bonds. The molecule has 1 aliphatic carbocycles. The van der Waals surface area contributed by atoms with Crippen LogP contribution in [-0.4, -0.2) is 29.5 Å². The predicted molar refractivity (Wildman–Crippen MR) is 149 cm³/mol. The zero-order valence-electron chi connectivity index (χ0n) is 20.8. The van der Waals surface area contributed by atoms with E-state index in [-0.39, 0.29) is 5.91 Å². The molecule has 3 heterocycles. The van der Waals surface area contributed by atoms with Crippen LogP contribution in [0.15, 0.2) is 66.0 Å². The van der Waals surface area contributed by atoms with Gasteiger partial charge in [-0.15, -0.1) is 11.3 Å². The van der Waals surface area contributed by atoms with Crippen LogP contribution in [0.4, 0.5) is 5.69 Å². The number of esters is 1. The number of pyridine rings is 1. The molecule has 0 fully saturated rings. The molecule has 0 spiro atoms. The van der Waals surface area contributed by atoms with Crippen LogP contribution in [0.25, 0.3) is 22.6 Å². The Bertz CT molecular complexity index is 1520. The highest BCUT2D eigenvalue weighted by molar-refractivity contribution is 7.10. The van der Waals surface area contributed by atoms with Crippen LogP contribution in [0.1, 0.15) is 58.2 Å². The van der Waals surface area contributed by atoms with Gasteiger partial charge in [-0.2, -0.15) is 0 Å². The van der Waals surface area contributed by atoms with Gasteiger partial charge in [-0.05, 0) is 85.4 Å². The standard InChI is InChI=1S/C31H28N2O3S/c1-20(30(34)33-17-7-11-21-9-2-5-16-27(21)33)36-31(35)28-24-13-3-4-15-26(24)32-29-22(10-6-14-25(28)29)19-23-12-8-18-37-23/h2-5,8-9,12-13,15-16,18-20H,6-7,10-11,14,17H2,1H3/b22-19+/t20-/m1/s1. The fraction of sp³-hybridized carbons (Fsp3) is 0.258.